The molecule has 0 aromatic heterocycles. The molecule has 0 bridgehead atoms. The van der Waals surface area contributed by atoms with Gasteiger partial charge < -0.3 is 20.1 Å². The summed E-state index contributed by atoms with van der Waals surface area (Å²) in [6, 6.07) is 0. The molecular weight excluding hydrogens is 537 g/mol. The Morgan fingerprint density at radius 1 is 0.976 bits per heavy atom. The van der Waals surface area contributed by atoms with E-state index in [0.717, 1.165) is 19.3 Å². The molecule has 9 heteroatoms. The number of halogens is 3. The summed E-state index contributed by atoms with van der Waals surface area (Å²) in [4.78, 5) is 24.9. The number of carboxylic acids is 1. The summed E-state index contributed by atoms with van der Waals surface area (Å²) in [7, 11) is 0. The van der Waals surface area contributed by atoms with Crippen LogP contribution in [-0.2, 0) is 14.3 Å². The van der Waals surface area contributed by atoms with E-state index >= 15 is 0 Å². The summed E-state index contributed by atoms with van der Waals surface area (Å²) in [5.41, 5.74) is -1.67. The van der Waals surface area contributed by atoms with E-state index in [1.165, 1.54) is 20.8 Å². The molecule has 0 spiro atoms. The molecule has 4 aliphatic rings. The van der Waals surface area contributed by atoms with Gasteiger partial charge in [0, 0.05) is 18.1 Å². The fourth-order valence-electron chi connectivity index (χ4n) is 10.2. The van der Waals surface area contributed by atoms with E-state index in [0.29, 0.717) is 18.4 Å². The van der Waals surface area contributed by atoms with Crippen LogP contribution >= 0.6 is 0 Å². The number of carboxylic acid groups (broad SMARTS) is 1. The molecule has 4 rings (SSSR count). The lowest BCUT2D eigenvalue weighted by molar-refractivity contribution is -0.234. The van der Waals surface area contributed by atoms with Crippen LogP contribution in [0.15, 0.2) is 22.3 Å². The first kappa shape index (κ1) is 32.1. The normalized spacial score (nSPS) is 43.4. The summed E-state index contributed by atoms with van der Waals surface area (Å²) >= 11 is 0. The Bertz CT molecular complexity index is 1140. The maximum absolute atomic E-state index is 13.7. The fourth-order valence-corrected chi connectivity index (χ4v) is 10.2. The second kappa shape index (κ2) is 10.7. The molecule has 0 aromatic rings. The molecule has 10 atom stereocenters. The predicted molar refractivity (Wildman–Crippen MR) is 148 cm³/mol. The minimum Gasteiger partial charge on any atom is -0.478 e. The van der Waals surface area contributed by atoms with Gasteiger partial charge >= 0.3 is 18.1 Å². The number of ether oxygens (including phenoxy) is 1. The highest BCUT2D eigenvalue weighted by Gasteiger charge is 2.70. The predicted octanol–water partition coefficient (Wildman–Crippen LogP) is 6.60. The highest BCUT2D eigenvalue weighted by atomic mass is 19.4. The number of rotatable bonds is 5. The first-order valence-electron chi connectivity index (χ1n) is 15.0. The Morgan fingerprint density at radius 2 is 1.61 bits per heavy atom. The van der Waals surface area contributed by atoms with E-state index in [-0.39, 0.29) is 53.3 Å². The molecule has 0 amide bonds. The zero-order chi connectivity index (χ0) is 30.9. The van der Waals surface area contributed by atoms with Crippen molar-refractivity contribution in [3.63, 3.8) is 0 Å². The Hall–Kier alpha value is -1.87. The van der Waals surface area contributed by atoms with Crippen LogP contribution in [0.2, 0.25) is 0 Å². The van der Waals surface area contributed by atoms with Gasteiger partial charge in [-0.05, 0) is 111 Å². The molecule has 4 saturated carbocycles. The largest absolute Gasteiger partial charge is 0.478 e. The van der Waals surface area contributed by atoms with Crippen molar-refractivity contribution >= 4 is 11.9 Å². The van der Waals surface area contributed by atoms with Crippen molar-refractivity contribution in [3.05, 3.63) is 22.3 Å². The van der Waals surface area contributed by atoms with Gasteiger partial charge in [0.05, 0.1) is 12.2 Å². The summed E-state index contributed by atoms with van der Waals surface area (Å²) in [6.45, 7) is 12.6. The van der Waals surface area contributed by atoms with Crippen LogP contribution in [0.3, 0.4) is 0 Å². The van der Waals surface area contributed by atoms with Crippen LogP contribution in [0.25, 0.3) is 0 Å². The molecule has 0 aromatic carbocycles. The Labute approximate surface area is 241 Å². The number of esters is 1. The first-order chi connectivity index (χ1) is 18.8. The van der Waals surface area contributed by atoms with Gasteiger partial charge in [0.2, 0.25) is 0 Å². The monoisotopic (exact) mass is 584 g/mol. The fraction of sp³-hybridized carbons (Fsp3) is 0.812. The van der Waals surface area contributed by atoms with Crippen LogP contribution in [0.5, 0.6) is 0 Å². The molecule has 41 heavy (non-hydrogen) atoms. The van der Waals surface area contributed by atoms with E-state index in [4.69, 9.17) is 4.74 Å². The van der Waals surface area contributed by atoms with Gasteiger partial charge in [-0.2, -0.15) is 13.2 Å². The molecule has 2 unspecified atom stereocenters. The van der Waals surface area contributed by atoms with E-state index in [1.807, 2.05) is 0 Å². The van der Waals surface area contributed by atoms with Gasteiger partial charge in [-0.15, -0.1) is 0 Å². The standard InChI is InChI=1S/C32H47F3O6/c1-16(2)20(32(33,34)35)9-8-19(28(39)40)26-22-14-24(38)27-29(5)12-11-23(37)17(3)21(29)10-13-30(27,6)31(22,7)15-25(26)41-18(4)36/h17,21-25,27,37-38H,8-15H2,1-7H3,(H,39,40)/b26-19-/t17-,21-,22-,23+,24?,25-,27?,29-,30-,31-/m0/s1. The third kappa shape index (κ3) is 5.07. The highest BCUT2D eigenvalue weighted by Crippen LogP contribution is 2.74. The minimum atomic E-state index is -4.58. The number of alkyl halides is 3. The van der Waals surface area contributed by atoms with Crippen LogP contribution in [-0.4, -0.2) is 51.7 Å². The number of carbonyl (C=O) groups is 2. The van der Waals surface area contributed by atoms with Crippen LogP contribution in [0.1, 0.15) is 99.8 Å². The number of hydrogen-bond acceptors (Lipinski definition) is 5. The molecule has 6 nitrogen and oxygen atoms in total. The minimum absolute atomic E-state index is 0.0836. The van der Waals surface area contributed by atoms with Crippen molar-refractivity contribution in [3.8, 4) is 0 Å². The van der Waals surface area contributed by atoms with E-state index < -0.39 is 59.1 Å². The van der Waals surface area contributed by atoms with Crippen molar-refractivity contribution in [2.75, 3.05) is 0 Å². The zero-order valence-electron chi connectivity index (χ0n) is 25.4. The molecule has 0 heterocycles. The van der Waals surface area contributed by atoms with Crippen molar-refractivity contribution in [1.82, 2.24) is 0 Å². The molecule has 0 aliphatic heterocycles. The van der Waals surface area contributed by atoms with Crippen LogP contribution in [0.4, 0.5) is 13.2 Å². The molecule has 0 radical (unpaired) electrons. The van der Waals surface area contributed by atoms with E-state index in [9.17, 15) is 38.1 Å². The molecular formula is C32H47F3O6. The van der Waals surface area contributed by atoms with Crippen molar-refractivity contribution < 1.29 is 42.8 Å². The van der Waals surface area contributed by atoms with Crippen LogP contribution < -0.4 is 0 Å². The quantitative estimate of drug-likeness (QED) is 0.191. The number of allylic oxidation sites excluding steroid dienone is 2. The average Bonchev–Trinajstić information content (AvgIpc) is 3.09. The summed E-state index contributed by atoms with van der Waals surface area (Å²) in [6.07, 6.45) is -3.77. The SMILES string of the molecule is CC(=O)O[C@H]1C[C@@]2(C)[C@@H](CC(O)C3[C@]2(C)CC[C@H]2[C@H](C)[C@H](O)CC[C@]32C)/C1=C(\CCC(=C(C)C)C(F)(F)F)C(=O)O. The van der Waals surface area contributed by atoms with Gasteiger partial charge in [-0.3, -0.25) is 4.79 Å². The third-order valence-corrected chi connectivity index (χ3v) is 12.2. The number of carbonyl (C=O) groups excluding carboxylic acids is 1. The highest BCUT2D eigenvalue weighted by molar-refractivity contribution is 5.88. The lowest BCUT2D eigenvalue weighted by Gasteiger charge is -2.69. The number of aliphatic carboxylic acids is 1. The second-order valence-electron chi connectivity index (χ2n) is 14.3. The van der Waals surface area contributed by atoms with Crippen LogP contribution in [0, 0.1) is 39.9 Å². The van der Waals surface area contributed by atoms with E-state index in [1.54, 1.807) is 0 Å². The Kier molecular flexibility index (Phi) is 8.36. The molecule has 232 valence electrons. The molecule has 4 aliphatic carbocycles. The molecule has 3 N–H and O–H groups in total. The zero-order valence-corrected chi connectivity index (χ0v) is 25.4. The number of hydrogen-bond donors (Lipinski definition) is 3. The van der Waals surface area contributed by atoms with Gasteiger partial charge in [-0.25, -0.2) is 4.79 Å². The lowest BCUT2D eigenvalue weighted by Crippen LogP contribution is -2.65. The molecule has 0 saturated heterocycles. The Balaban J connectivity index is 1.82. The number of aliphatic hydroxyl groups excluding tert-OH is 2. The Morgan fingerprint density at radius 3 is 2.15 bits per heavy atom. The smallest absolute Gasteiger partial charge is 0.412 e. The number of fused-ring (bicyclic) bond motifs is 5. The van der Waals surface area contributed by atoms with Gasteiger partial charge in [0.1, 0.15) is 6.10 Å². The van der Waals surface area contributed by atoms with Crippen molar-refractivity contribution in [2.45, 2.75) is 124 Å². The maximum atomic E-state index is 13.7. The summed E-state index contributed by atoms with van der Waals surface area (Å²) in [5, 5.41) is 32.9. The number of aliphatic hydroxyl groups is 2. The van der Waals surface area contributed by atoms with E-state index in [2.05, 4.69) is 27.7 Å². The summed E-state index contributed by atoms with van der Waals surface area (Å²) < 4.78 is 47.0. The lowest BCUT2D eigenvalue weighted by atomic mass is 9.36. The molecule has 4 fully saturated rings. The van der Waals surface area contributed by atoms with Crippen molar-refractivity contribution in [1.29, 1.82) is 0 Å². The maximum Gasteiger partial charge on any atom is 0.412 e. The summed E-state index contributed by atoms with van der Waals surface area (Å²) in [5.74, 6) is -2.13. The first-order valence-corrected chi connectivity index (χ1v) is 15.0. The van der Waals surface area contributed by atoms with Crippen molar-refractivity contribution in [2.24, 2.45) is 39.9 Å². The third-order valence-electron chi connectivity index (χ3n) is 12.2. The van der Waals surface area contributed by atoms with Gasteiger partial charge in [0.25, 0.3) is 0 Å². The second-order valence-corrected chi connectivity index (χ2v) is 14.3. The van der Waals surface area contributed by atoms with Gasteiger partial charge in [-0.1, -0.05) is 33.3 Å². The average molecular weight is 585 g/mol. The topological polar surface area (TPSA) is 104 Å². The van der Waals surface area contributed by atoms with Gasteiger partial charge in [0.15, 0.2) is 0 Å².